The summed E-state index contributed by atoms with van der Waals surface area (Å²) in [5.74, 6) is 0.583. The number of rotatable bonds is 5. The average Bonchev–Trinajstić information content (AvgIpc) is 3.23. The predicted molar refractivity (Wildman–Crippen MR) is 101 cm³/mol. The van der Waals surface area contributed by atoms with Crippen molar-refractivity contribution in [2.75, 3.05) is 27.2 Å². The number of likely N-dealkylation sites (tertiary alicyclic amines) is 1. The van der Waals surface area contributed by atoms with Gasteiger partial charge in [0.2, 0.25) is 11.8 Å². The molecule has 2 amide bonds. The van der Waals surface area contributed by atoms with Crippen LogP contribution in [0, 0.1) is 37.5 Å². The van der Waals surface area contributed by atoms with Crippen molar-refractivity contribution < 1.29 is 14.1 Å². The van der Waals surface area contributed by atoms with E-state index in [1.165, 1.54) is 16.7 Å². The third-order valence-electron chi connectivity index (χ3n) is 6.59. The molecule has 1 aliphatic heterocycles. The molecule has 4 atom stereocenters. The summed E-state index contributed by atoms with van der Waals surface area (Å²) in [6.07, 6.45) is 5.30. The SMILES string of the molecule is Cc1ccc(C[N+](C)(C)CCN2C(=O)[C@@H]3[C@@H](C2=O)[C@@H]2C=C[C@@H]3C2)c(C)c1. The molecule has 4 nitrogen and oxygen atoms in total. The Hall–Kier alpha value is -1.94. The number of carbonyl (C=O) groups excluding carboxylic acids is 2. The Morgan fingerprint density at radius 3 is 2.23 bits per heavy atom. The van der Waals surface area contributed by atoms with Crippen LogP contribution in [0.15, 0.2) is 30.4 Å². The lowest BCUT2D eigenvalue weighted by Gasteiger charge is -2.32. The molecular formula is C22H29N2O2+. The Labute approximate surface area is 156 Å². The van der Waals surface area contributed by atoms with Crippen molar-refractivity contribution in [3.8, 4) is 0 Å². The van der Waals surface area contributed by atoms with Crippen LogP contribution in [-0.2, 0) is 16.1 Å². The van der Waals surface area contributed by atoms with Crippen molar-refractivity contribution >= 4 is 11.8 Å². The summed E-state index contributed by atoms with van der Waals surface area (Å²) in [5.41, 5.74) is 3.92. The Kier molecular flexibility index (Phi) is 4.07. The van der Waals surface area contributed by atoms with E-state index in [0.717, 1.165) is 24.0 Å². The first-order chi connectivity index (χ1) is 12.3. The van der Waals surface area contributed by atoms with Gasteiger partial charge in [0.15, 0.2) is 0 Å². The Morgan fingerprint density at radius 2 is 1.65 bits per heavy atom. The van der Waals surface area contributed by atoms with Crippen molar-refractivity contribution in [2.45, 2.75) is 26.8 Å². The van der Waals surface area contributed by atoms with E-state index < -0.39 is 0 Å². The second-order valence-corrected chi connectivity index (χ2v) is 9.08. The molecule has 1 heterocycles. The van der Waals surface area contributed by atoms with Crippen LogP contribution in [0.4, 0.5) is 0 Å². The van der Waals surface area contributed by atoms with Crippen LogP contribution in [0.2, 0.25) is 0 Å². The first-order valence-electron chi connectivity index (χ1n) is 9.68. The molecule has 0 N–H and O–H groups in total. The molecule has 138 valence electrons. The highest BCUT2D eigenvalue weighted by molar-refractivity contribution is 6.06. The van der Waals surface area contributed by atoms with E-state index in [1.807, 2.05) is 0 Å². The molecule has 1 saturated heterocycles. The monoisotopic (exact) mass is 353 g/mol. The van der Waals surface area contributed by atoms with Gasteiger partial charge in [0.05, 0.1) is 39.0 Å². The molecule has 26 heavy (non-hydrogen) atoms. The van der Waals surface area contributed by atoms with Crippen molar-refractivity contribution in [3.05, 3.63) is 47.0 Å². The molecule has 1 aromatic rings. The van der Waals surface area contributed by atoms with Gasteiger partial charge in [0, 0.05) is 5.56 Å². The van der Waals surface area contributed by atoms with Crippen LogP contribution >= 0.6 is 0 Å². The average molecular weight is 353 g/mol. The van der Waals surface area contributed by atoms with E-state index in [4.69, 9.17) is 0 Å². The highest BCUT2D eigenvalue weighted by Gasteiger charge is 2.59. The lowest BCUT2D eigenvalue weighted by Crippen LogP contribution is -2.46. The number of amides is 2. The van der Waals surface area contributed by atoms with Crippen LogP contribution in [0.1, 0.15) is 23.1 Å². The minimum atomic E-state index is -0.0764. The highest BCUT2D eigenvalue weighted by Crippen LogP contribution is 2.52. The maximum Gasteiger partial charge on any atom is 0.233 e. The number of fused-ring (bicyclic) bond motifs is 5. The number of hydrogen-bond acceptors (Lipinski definition) is 2. The van der Waals surface area contributed by atoms with Crippen molar-refractivity contribution in [2.24, 2.45) is 23.7 Å². The third-order valence-corrected chi connectivity index (χ3v) is 6.59. The zero-order chi connectivity index (χ0) is 18.6. The van der Waals surface area contributed by atoms with Crippen molar-refractivity contribution in [1.29, 1.82) is 0 Å². The van der Waals surface area contributed by atoms with Gasteiger partial charge < -0.3 is 4.48 Å². The molecule has 0 spiro atoms. The number of aryl methyl sites for hydroxylation is 2. The van der Waals surface area contributed by atoms with Gasteiger partial charge in [0.1, 0.15) is 6.54 Å². The maximum atomic E-state index is 12.8. The number of allylic oxidation sites excluding steroid dienone is 2. The zero-order valence-corrected chi connectivity index (χ0v) is 16.2. The van der Waals surface area contributed by atoms with Crippen LogP contribution in [0.3, 0.4) is 0 Å². The van der Waals surface area contributed by atoms with E-state index >= 15 is 0 Å². The van der Waals surface area contributed by atoms with Gasteiger partial charge in [-0.25, -0.2) is 0 Å². The van der Waals surface area contributed by atoms with E-state index in [0.29, 0.717) is 18.4 Å². The fourth-order valence-corrected chi connectivity index (χ4v) is 5.12. The minimum absolute atomic E-state index is 0.0726. The molecule has 0 radical (unpaired) electrons. The second kappa shape index (κ2) is 6.05. The number of imide groups is 1. The third kappa shape index (κ3) is 2.81. The zero-order valence-electron chi connectivity index (χ0n) is 16.2. The lowest BCUT2D eigenvalue weighted by molar-refractivity contribution is -0.902. The smallest absolute Gasteiger partial charge is 0.233 e. The fourth-order valence-electron chi connectivity index (χ4n) is 5.12. The van der Waals surface area contributed by atoms with Crippen LogP contribution < -0.4 is 0 Å². The summed E-state index contributed by atoms with van der Waals surface area (Å²) >= 11 is 0. The minimum Gasteiger partial charge on any atom is -0.323 e. The van der Waals surface area contributed by atoms with E-state index in [2.05, 4.69) is 58.3 Å². The number of nitrogens with zero attached hydrogens (tertiary/aromatic N) is 2. The second-order valence-electron chi connectivity index (χ2n) is 9.08. The lowest BCUT2D eigenvalue weighted by atomic mass is 9.85. The Morgan fingerprint density at radius 1 is 1.04 bits per heavy atom. The molecule has 1 saturated carbocycles. The summed E-state index contributed by atoms with van der Waals surface area (Å²) in [6, 6.07) is 6.57. The maximum absolute atomic E-state index is 12.8. The molecule has 2 aliphatic carbocycles. The number of carbonyl (C=O) groups is 2. The van der Waals surface area contributed by atoms with Gasteiger partial charge in [-0.15, -0.1) is 0 Å². The highest BCUT2D eigenvalue weighted by atomic mass is 16.2. The topological polar surface area (TPSA) is 37.4 Å². The van der Waals surface area contributed by atoms with Crippen molar-refractivity contribution in [1.82, 2.24) is 4.90 Å². The van der Waals surface area contributed by atoms with Gasteiger partial charge in [-0.05, 0) is 37.7 Å². The summed E-state index contributed by atoms with van der Waals surface area (Å²) in [5, 5.41) is 0. The standard InChI is InChI=1S/C22H29N2O2/c1-14-5-6-18(15(2)11-14)13-24(3,4)10-9-23-21(25)19-16-7-8-17(12-16)20(19)22(23)26/h5-8,11,16-17,19-20H,9-10,12-13H2,1-4H3/q+1/t16-,17-,19+,20+/m1/s1. The molecule has 3 aliphatic rings. The molecule has 0 aromatic heterocycles. The molecular weight excluding hydrogens is 324 g/mol. The molecule has 0 unspecified atom stereocenters. The number of benzene rings is 1. The molecule has 1 aromatic carbocycles. The summed E-state index contributed by atoms with van der Waals surface area (Å²) in [6.45, 7) is 6.48. The van der Waals surface area contributed by atoms with Gasteiger partial charge in [-0.3, -0.25) is 14.5 Å². The first kappa shape index (κ1) is 17.5. The molecule has 4 heteroatoms. The van der Waals surface area contributed by atoms with E-state index in [1.54, 1.807) is 4.90 Å². The Bertz CT molecular complexity index is 765. The summed E-state index contributed by atoms with van der Waals surface area (Å²) < 4.78 is 0.765. The summed E-state index contributed by atoms with van der Waals surface area (Å²) in [7, 11) is 4.35. The quantitative estimate of drug-likeness (QED) is 0.464. The van der Waals surface area contributed by atoms with Gasteiger partial charge in [0.25, 0.3) is 0 Å². The molecule has 2 bridgehead atoms. The molecule has 4 rings (SSSR count). The van der Waals surface area contributed by atoms with E-state index in [9.17, 15) is 9.59 Å². The largest absolute Gasteiger partial charge is 0.323 e. The number of hydrogen-bond donors (Lipinski definition) is 0. The summed E-state index contributed by atoms with van der Waals surface area (Å²) in [4.78, 5) is 27.2. The van der Waals surface area contributed by atoms with Crippen molar-refractivity contribution in [3.63, 3.8) is 0 Å². The predicted octanol–water partition coefficient (Wildman–Crippen LogP) is 2.69. The van der Waals surface area contributed by atoms with Crippen LogP contribution in [0.25, 0.3) is 0 Å². The normalized spacial score (nSPS) is 29.8. The number of likely N-dealkylation sites (N-methyl/N-ethyl adjacent to an activating group) is 1. The van der Waals surface area contributed by atoms with Gasteiger partial charge in [-0.2, -0.15) is 0 Å². The first-order valence-corrected chi connectivity index (χ1v) is 9.68. The molecule has 2 fully saturated rings. The number of quaternary nitrogens is 1. The van der Waals surface area contributed by atoms with E-state index in [-0.39, 0.29) is 23.7 Å². The van der Waals surface area contributed by atoms with Crippen LogP contribution in [-0.4, -0.2) is 48.4 Å². The van der Waals surface area contributed by atoms with Gasteiger partial charge >= 0.3 is 0 Å². The van der Waals surface area contributed by atoms with Gasteiger partial charge in [-0.1, -0.05) is 35.9 Å². The fraction of sp³-hybridized carbons (Fsp3) is 0.545. The Balaban J connectivity index is 1.42. The van der Waals surface area contributed by atoms with Crippen LogP contribution in [0.5, 0.6) is 0 Å².